The molecule has 2 rings (SSSR count). The van der Waals surface area contributed by atoms with Gasteiger partial charge in [0.2, 0.25) is 0 Å². The third-order valence-corrected chi connectivity index (χ3v) is 4.14. The first kappa shape index (κ1) is 16.0. The van der Waals surface area contributed by atoms with Crippen LogP contribution in [-0.2, 0) is 11.2 Å². The van der Waals surface area contributed by atoms with Gasteiger partial charge in [-0.2, -0.15) is 0 Å². The van der Waals surface area contributed by atoms with Gasteiger partial charge in [-0.1, -0.05) is 46.9 Å². The van der Waals surface area contributed by atoms with E-state index in [1.165, 1.54) is 6.07 Å². The van der Waals surface area contributed by atoms with Gasteiger partial charge in [0, 0.05) is 0 Å². The molecule has 0 amide bonds. The quantitative estimate of drug-likeness (QED) is 0.839. The molecule has 0 bridgehead atoms. The molecule has 0 heterocycles. The lowest BCUT2D eigenvalue weighted by Gasteiger charge is -2.14. The van der Waals surface area contributed by atoms with Gasteiger partial charge in [0.15, 0.2) is 0 Å². The molecule has 6 heteroatoms. The van der Waals surface area contributed by atoms with Crippen molar-refractivity contribution in [1.82, 2.24) is 0 Å². The monoisotopic (exact) mass is 344 g/mol. The van der Waals surface area contributed by atoms with Crippen LogP contribution in [0, 0.1) is 0 Å². The van der Waals surface area contributed by atoms with E-state index in [-0.39, 0.29) is 17.2 Å². The molecule has 0 aliphatic heterocycles. The van der Waals surface area contributed by atoms with Gasteiger partial charge >= 0.3 is 5.97 Å². The SMILES string of the molecule is O=C(O)C(Cc1ccc(O)c(Cl)c1)c1ccc(Cl)c(Cl)c1. The van der Waals surface area contributed by atoms with E-state index >= 15 is 0 Å². The molecule has 0 spiro atoms. The Morgan fingerprint density at radius 1 is 1.00 bits per heavy atom. The number of aliphatic carboxylic acids is 1. The highest BCUT2D eigenvalue weighted by atomic mass is 35.5. The first-order valence-electron chi connectivity index (χ1n) is 6.03. The molecule has 110 valence electrons. The predicted molar refractivity (Wildman–Crippen MR) is 83.7 cm³/mol. The fourth-order valence-electron chi connectivity index (χ4n) is 1.99. The Morgan fingerprint density at radius 2 is 1.71 bits per heavy atom. The fraction of sp³-hybridized carbons (Fsp3) is 0.133. The zero-order chi connectivity index (χ0) is 15.6. The number of phenolic OH excluding ortho intramolecular Hbond substituents is 1. The van der Waals surface area contributed by atoms with Crippen molar-refractivity contribution in [3.05, 3.63) is 62.6 Å². The summed E-state index contributed by atoms with van der Waals surface area (Å²) in [7, 11) is 0. The summed E-state index contributed by atoms with van der Waals surface area (Å²) in [6.07, 6.45) is 0.229. The van der Waals surface area contributed by atoms with Crippen molar-refractivity contribution in [2.24, 2.45) is 0 Å². The minimum absolute atomic E-state index is 0.0400. The molecule has 2 aromatic rings. The Hall–Kier alpha value is -1.42. The minimum Gasteiger partial charge on any atom is -0.506 e. The van der Waals surface area contributed by atoms with E-state index in [1.807, 2.05) is 0 Å². The Morgan fingerprint density at radius 3 is 2.29 bits per heavy atom. The van der Waals surface area contributed by atoms with Gasteiger partial charge in [-0.15, -0.1) is 0 Å². The van der Waals surface area contributed by atoms with E-state index in [1.54, 1.807) is 30.3 Å². The highest BCUT2D eigenvalue weighted by molar-refractivity contribution is 6.42. The minimum atomic E-state index is -0.974. The number of carbonyl (C=O) groups is 1. The van der Waals surface area contributed by atoms with Gasteiger partial charge in [0.1, 0.15) is 5.75 Å². The number of hydrogen-bond acceptors (Lipinski definition) is 2. The summed E-state index contributed by atoms with van der Waals surface area (Å²) in [5, 5.41) is 19.7. The lowest BCUT2D eigenvalue weighted by molar-refractivity contribution is -0.138. The summed E-state index contributed by atoms with van der Waals surface area (Å²) < 4.78 is 0. The van der Waals surface area contributed by atoms with Crippen LogP contribution in [0.15, 0.2) is 36.4 Å². The van der Waals surface area contributed by atoms with Crippen molar-refractivity contribution in [2.75, 3.05) is 0 Å². The lowest BCUT2D eigenvalue weighted by Crippen LogP contribution is -2.14. The summed E-state index contributed by atoms with van der Waals surface area (Å²) in [5.41, 5.74) is 1.26. The third kappa shape index (κ3) is 3.82. The molecule has 0 aliphatic carbocycles. The van der Waals surface area contributed by atoms with Crippen LogP contribution in [0.2, 0.25) is 15.1 Å². The number of carboxylic acid groups (broad SMARTS) is 1. The van der Waals surface area contributed by atoms with E-state index in [9.17, 15) is 15.0 Å². The van der Waals surface area contributed by atoms with Crippen LogP contribution in [0.4, 0.5) is 0 Å². The molecule has 1 unspecified atom stereocenters. The second-order valence-electron chi connectivity index (χ2n) is 4.55. The molecule has 2 N–H and O–H groups in total. The van der Waals surface area contributed by atoms with E-state index in [0.29, 0.717) is 21.2 Å². The first-order valence-corrected chi connectivity index (χ1v) is 7.17. The maximum Gasteiger partial charge on any atom is 0.311 e. The van der Waals surface area contributed by atoms with Gasteiger partial charge in [-0.25, -0.2) is 0 Å². The molecule has 3 nitrogen and oxygen atoms in total. The predicted octanol–water partition coefficient (Wildman–Crippen LogP) is 4.76. The van der Waals surface area contributed by atoms with Crippen molar-refractivity contribution in [3.8, 4) is 5.75 Å². The van der Waals surface area contributed by atoms with Crippen molar-refractivity contribution in [3.63, 3.8) is 0 Å². The normalized spacial score (nSPS) is 12.1. The Kier molecular flexibility index (Phi) is 4.99. The van der Waals surface area contributed by atoms with Crippen LogP contribution in [0.5, 0.6) is 5.75 Å². The number of halogens is 3. The molecule has 0 aliphatic rings. The number of hydrogen-bond donors (Lipinski definition) is 2. The van der Waals surface area contributed by atoms with E-state index < -0.39 is 11.9 Å². The van der Waals surface area contributed by atoms with Crippen LogP contribution >= 0.6 is 34.8 Å². The number of aromatic hydroxyl groups is 1. The lowest BCUT2D eigenvalue weighted by atomic mass is 9.92. The van der Waals surface area contributed by atoms with Crippen LogP contribution in [0.1, 0.15) is 17.0 Å². The van der Waals surface area contributed by atoms with Gasteiger partial charge in [-0.05, 0) is 41.8 Å². The molecule has 0 saturated carbocycles. The molecule has 0 saturated heterocycles. The van der Waals surface area contributed by atoms with Gasteiger partial charge in [0.25, 0.3) is 0 Å². The van der Waals surface area contributed by atoms with Crippen LogP contribution in [0.3, 0.4) is 0 Å². The smallest absolute Gasteiger partial charge is 0.311 e. The van der Waals surface area contributed by atoms with Crippen LogP contribution in [0.25, 0.3) is 0 Å². The Labute approximate surface area is 136 Å². The van der Waals surface area contributed by atoms with Crippen molar-refractivity contribution in [1.29, 1.82) is 0 Å². The molecule has 2 aromatic carbocycles. The van der Waals surface area contributed by atoms with Gasteiger partial charge < -0.3 is 10.2 Å². The molecule has 21 heavy (non-hydrogen) atoms. The number of rotatable bonds is 4. The average Bonchev–Trinajstić information content (AvgIpc) is 2.43. The average molecular weight is 346 g/mol. The van der Waals surface area contributed by atoms with Crippen molar-refractivity contribution >= 4 is 40.8 Å². The van der Waals surface area contributed by atoms with Gasteiger partial charge in [0.05, 0.1) is 21.0 Å². The zero-order valence-electron chi connectivity index (χ0n) is 10.7. The maximum absolute atomic E-state index is 11.5. The summed E-state index contributed by atoms with van der Waals surface area (Å²) in [6, 6.07) is 9.36. The number of benzene rings is 2. The van der Waals surface area contributed by atoms with Crippen molar-refractivity contribution in [2.45, 2.75) is 12.3 Å². The highest BCUT2D eigenvalue weighted by Gasteiger charge is 2.21. The Balaban J connectivity index is 2.32. The van der Waals surface area contributed by atoms with E-state index in [2.05, 4.69) is 0 Å². The van der Waals surface area contributed by atoms with E-state index in [4.69, 9.17) is 34.8 Å². The highest BCUT2D eigenvalue weighted by Crippen LogP contribution is 2.30. The van der Waals surface area contributed by atoms with E-state index in [0.717, 1.165) is 0 Å². The summed E-state index contributed by atoms with van der Waals surface area (Å²) in [6.45, 7) is 0. The molecule has 0 aromatic heterocycles. The van der Waals surface area contributed by atoms with Crippen LogP contribution < -0.4 is 0 Å². The van der Waals surface area contributed by atoms with Crippen LogP contribution in [-0.4, -0.2) is 16.2 Å². The molecule has 0 fully saturated rings. The largest absolute Gasteiger partial charge is 0.506 e. The Bertz CT molecular complexity index is 686. The molecular formula is C15H11Cl3O3. The standard InChI is InChI=1S/C15H11Cl3O3/c16-11-3-2-9(7-12(11)17)10(15(20)21)5-8-1-4-14(19)13(18)6-8/h1-4,6-7,10,19H,5H2,(H,20,21). The maximum atomic E-state index is 11.5. The summed E-state index contributed by atoms with van der Waals surface area (Å²) in [5.74, 6) is -1.79. The fourth-order valence-corrected chi connectivity index (χ4v) is 2.50. The first-order chi connectivity index (χ1) is 9.88. The molecular weight excluding hydrogens is 335 g/mol. The molecule has 1 atom stereocenters. The summed E-state index contributed by atoms with van der Waals surface area (Å²) >= 11 is 17.6. The second-order valence-corrected chi connectivity index (χ2v) is 5.78. The third-order valence-electron chi connectivity index (χ3n) is 3.10. The zero-order valence-corrected chi connectivity index (χ0v) is 13.0. The number of carboxylic acids is 1. The van der Waals surface area contributed by atoms with Crippen molar-refractivity contribution < 1.29 is 15.0 Å². The molecule has 0 radical (unpaired) electrons. The topological polar surface area (TPSA) is 57.5 Å². The van der Waals surface area contributed by atoms with Gasteiger partial charge in [-0.3, -0.25) is 4.79 Å². The number of phenols is 1. The second kappa shape index (κ2) is 6.56. The summed E-state index contributed by atoms with van der Waals surface area (Å²) in [4.78, 5) is 11.5.